The fourth-order valence-corrected chi connectivity index (χ4v) is 3.24. The van der Waals surface area contributed by atoms with Gasteiger partial charge < -0.3 is 15.1 Å². The van der Waals surface area contributed by atoms with Crippen molar-refractivity contribution in [3.63, 3.8) is 0 Å². The van der Waals surface area contributed by atoms with Gasteiger partial charge in [-0.3, -0.25) is 4.79 Å². The van der Waals surface area contributed by atoms with Crippen molar-refractivity contribution in [3.05, 3.63) is 64.5 Å². The van der Waals surface area contributed by atoms with Crippen molar-refractivity contribution in [2.24, 2.45) is 0 Å². The van der Waals surface area contributed by atoms with Crippen LogP contribution in [-0.2, 0) is 6.18 Å². The molecule has 148 valence electrons. The first-order valence-corrected chi connectivity index (χ1v) is 8.57. The van der Waals surface area contributed by atoms with Crippen LogP contribution in [0, 0.1) is 6.92 Å². The van der Waals surface area contributed by atoms with Gasteiger partial charge in [-0.1, -0.05) is 18.2 Å². The number of amides is 1. The molecule has 6 nitrogen and oxygen atoms in total. The topological polar surface area (TPSA) is 85.2 Å². The van der Waals surface area contributed by atoms with E-state index in [4.69, 9.17) is 10.2 Å². The van der Waals surface area contributed by atoms with Gasteiger partial charge in [0.25, 0.3) is 5.91 Å². The Balaban J connectivity index is 1.94. The van der Waals surface area contributed by atoms with Crippen molar-refractivity contribution in [1.29, 1.82) is 0 Å². The number of anilines is 1. The molecule has 2 aromatic heterocycles. The molecule has 3 heterocycles. The SMILES string of the molecule is Cc1ccc(-c2nc(N)nc3c2C(=O)N(C)/C3=C/c2ccccc2C(F)(F)F)o1. The van der Waals surface area contributed by atoms with E-state index in [2.05, 4.69) is 9.97 Å². The van der Waals surface area contributed by atoms with Gasteiger partial charge in [0.1, 0.15) is 17.1 Å². The van der Waals surface area contributed by atoms with Crippen molar-refractivity contribution in [2.45, 2.75) is 13.1 Å². The lowest BCUT2D eigenvalue weighted by Crippen LogP contribution is -2.18. The molecule has 3 aromatic rings. The molecule has 0 fully saturated rings. The summed E-state index contributed by atoms with van der Waals surface area (Å²) in [6, 6.07) is 8.46. The van der Waals surface area contributed by atoms with Crippen molar-refractivity contribution >= 4 is 23.6 Å². The van der Waals surface area contributed by atoms with Crippen LogP contribution in [-0.4, -0.2) is 27.8 Å². The van der Waals surface area contributed by atoms with Gasteiger partial charge >= 0.3 is 6.18 Å². The zero-order valence-corrected chi connectivity index (χ0v) is 15.4. The number of aromatic nitrogens is 2. The molecule has 2 N–H and O–H groups in total. The molecule has 0 saturated heterocycles. The van der Waals surface area contributed by atoms with E-state index < -0.39 is 17.6 Å². The van der Waals surface area contributed by atoms with Gasteiger partial charge in [0, 0.05) is 7.05 Å². The van der Waals surface area contributed by atoms with Gasteiger partial charge in [0.05, 0.1) is 16.8 Å². The number of furan rings is 1. The summed E-state index contributed by atoms with van der Waals surface area (Å²) in [7, 11) is 1.46. The third-order valence-corrected chi connectivity index (χ3v) is 4.58. The third kappa shape index (κ3) is 3.14. The highest BCUT2D eigenvalue weighted by Crippen LogP contribution is 2.39. The largest absolute Gasteiger partial charge is 0.460 e. The summed E-state index contributed by atoms with van der Waals surface area (Å²) in [5.74, 6) is 0.358. The molecule has 0 bridgehead atoms. The smallest absolute Gasteiger partial charge is 0.416 e. The van der Waals surface area contributed by atoms with Crippen molar-refractivity contribution in [3.8, 4) is 11.5 Å². The zero-order chi connectivity index (χ0) is 20.9. The predicted octanol–water partition coefficient (Wildman–Crippen LogP) is 4.23. The van der Waals surface area contributed by atoms with Crippen LogP contribution in [0.1, 0.15) is 32.9 Å². The van der Waals surface area contributed by atoms with Crippen molar-refractivity contribution < 1.29 is 22.4 Å². The summed E-state index contributed by atoms with van der Waals surface area (Å²) in [5, 5.41) is 0. The van der Waals surface area contributed by atoms with Gasteiger partial charge in [-0.15, -0.1) is 0 Å². The molecular formula is C20H15F3N4O2. The normalized spacial score (nSPS) is 15.3. The average molecular weight is 400 g/mol. The molecular weight excluding hydrogens is 385 g/mol. The van der Waals surface area contributed by atoms with Crippen LogP contribution in [0.2, 0.25) is 0 Å². The predicted molar refractivity (Wildman–Crippen MR) is 100 cm³/mol. The first kappa shape index (κ1) is 18.7. The lowest BCUT2D eigenvalue weighted by molar-refractivity contribution is -0.137. The first-order chi connectivity index (χ1) is 13.7. The number of hydrogen-bond donors (Lipinski definition) is 1. The standard InChI is InChI=1S/C20H15F3N4O2/c1-10-7-8-14(29-10)17-15-16(25-19(24)26-17)13(27(2)18(15)28)9-11-5-3-4-6-12(11)20(21,22)23/h3-9H,1-2H3,(H2,24,25,26)/b13-9+. The summed E-state index contributed by atoms with van der Waals surface area (Å²) in [5.41, 5.74) is 5.60. The lowest BCUT2D eigenvalue weighted by Gasteiger charge is -2.14. The van der Waals surface area contributed by atoms with E-state index in [1.54, 1.807) is 19.1 Å². The second-order valence-corrected chi connectivity index (χ2v) is 6.54. The van der Waals surface area contributed by atoms with Gasteiger partial charge in [0.2, 0.25) is 5.95 Å². The summed E-state index contributed by atoms with van der Waals surface area (Å²) in [4.78, 5) is 22.4. The number of nitrogens with two attached hydrogens (primary N) is 1. The molecule has 0 atom stereocenters. The molecule has 1 aliphatic rings. The number of hydrogen-bond acceptors (Lipinski definition) is 5. The minimum atomic E-state index is -4.54. The van der Waals surface area contributed by atoms with Crippen LogP contribution in [0.25, 0.3) is 23.2 Å². The molecule has 9 heteroatoms. The van der Waals surface area contributed by atoms with E-state index in [0.29, 0.717) is 11.5 Å². The van der Waals surface area contributed by atoms with Gasteiger partial charge in [-0.05, 0) is 36.8 Å². The molecule has 4 rings (SSSR count). The van der Waals surface area contributed by atoms with Crippen LogP contribution in [0.4, 0.5) is 19.1 Å². The van der Waals surface area contributed by atoms with Gasteiger partial charge in [0.15, 0.2) is 5.76 Å². The fraction of sp³-hybridized carbons (Fsp3) is 0.150. The summed E-state index contributed by atoms with van der Waals surface area (Å²) in [6.07, 6.45) is -3.27. The number of nitrogens with zero attached hydrogens (tertiary/aromatic N) is 3. The minimum Gasteiger partial charge on any atom is -0.460 e. The number of rotatable bonds is 2. The minimum absolute atomic E-state index is 0.0879. The molecule has 1 amide bonds. The number of nitrogen functional groups attached to an aromatic ring is 1. The van der Waals surface area contributed by atoms with Crippen molar-refractivity contribution in [1.82, 2.24) is 14.9 Å². The highest BCUT2D eigenvalue weighted by Gasteiger charge is 2.37. The van der Waals surface area contributed by atoms with Gasteiger partial charge in [-0.25, -0.2) is 9.97 Å². The van der Waals surface area contributed by atoms with Crippen LogP contribution in [0.3, 0.4) is 0 Å². The number of halogens is 3. The average Bonchev–Trinajstić information content (AvgIpc) is 3.18. The number of alkyl halides is 3. The maximum atomic E-state index is 13.4. The monoisotopic (exact) mass is 400 g/mol. The van der Waals surface area contributed by atoms with Crippen LogP contribution >= 0.6 is 0 Å². The first-order valence-electron chi connectivity index (χ1n) is 8.57. The Morgan fingerprint density at radius 2 is 1.79 bits per heavy atom. The summed E-state index contributed by atoms with van der Waals surface area (Å²) >= 11 is 0. The maximum absolute atomic E-state index is 13.4. The fourth-order valence-electron chi connectivity index (χ4n) is 3.24. The Labute approximate surface area is 163 Å². The van der Waals surface area contributed by atoms with Gasteiger partial charge in [-0.2, -0.15) is 13.2 Å². The van der Waals surface area contributed by atoms with Crippen molar-refractivity contribution in [2.75, 3.05) is 12.8 Å². The maximum Gasteiger partial charge on any atom is 0.416 e. The van der Waals surface area contributed by atoms with E-state index in [1.165, 1.54) is 36.2 Å². The summed E-state index contributed by atoms with van der Waals surface area (Å²) in [6.45, 7) is 1.74. The number of carbonyl (C=O) groups is 1. The molecule has 0 spiro atoms. The zero-order valence-electron chi connectivity index (χ0n) is 15.4. The van der Waals surface area contributed by atoms with E-state index in [0.717, 1.165) is 6.07 Å². The molecule has 1 aromatic carbocycles. The van der Waals surface area contributed by atoms with E-state index >= 15 is 0 Å². The Kier molecular flexibility index (Phi) is 4.18. The summed E-state index contributed by atoms with van der Waals surface area (Å²) < 4.78 is 45.7. The molecule has 29 heavy (non-hydrogen) atoms. The van der Waals surface area contributed by atoms with Crippen LogP contribution < -0.4 is 5.73 Å². The van der Waals surface area contributed by atoms with E-state index in [-0.39, 0.29) is 34.2 Å². The van der Waals surface area contributed by atoms with E-state index in [9.17, 15) is 18.0 Å². The quantitative estimate of drug-likeness (QED) is 0.696. The molecule has 0 unspecified atom stereocenters. The molecule has 1 aliphatic heterocycles. The Bertz CT molecular complexity index is 1160. The van der Waals surface area contributed by atoms with Crippen LogP contribution in [0.15, 0.2) is 40.8 Å². The second kappa shape index (κ2) is 6.47. The second-order valence-electron chi connectivity index (χ2n) is 6.54. The number of benzene rings is 1. The van der Waals surface area contributed by atoms with E-state index in [1.807, 2.05) is 0 Å². The molecule has 0 aliphatic carbocycles. The van der Waals surface area contributed by atoms with Crippen LogP contribution in [0.5, 0.6) is 0 Å². The molecule has 0 radical (unpaired) electrons. The Hall–Kier alpha value is -3.62. The Morgan fingerprint density at radius 1 is 1.10 bits per heavy atom. The molecule has 0 saturated carbocycles. The highest BCUT2D eigenvalue weighted by atomic mass is 19.4. The highest BCUT2D eigenvalue weighted by molar-refractivity contribution is 6.14. The number of fused-ring (bicyclic) bond motifs is 1. The number of aryl methyl sites for hydroxylation is 1. The number of carbonyl (C=O) groups excluding carboxylic acids is 1. The third-order valence-electron chi connectivity index (χ3n) is 4.58. The Morgan fingerprint density at radius 3 is 2.45 bits per heavy atom. The lowest BCUT2D eigenvalue weighted by atomic mass is 10.0.